The number of nitrogens with zero attached hydrogens (tertiary/aromatic N) is 3. The van der Waals surface area contributed by atoms with Gasteiger partial charge in [-0.2, -0.15) is 5.26 Å². The number of hydrogen-bond acceptors (Lipinski definition) is 5. The summed E-state index contributed by atoms with van der Waals surface area (Å²) < 4.78 is 1.46. The van der Waals surface area contributed by atoms with Crippen molar-refractivity contribution in [3.63, 3.8) is 0 Å². The van der Waals surface area contributed by atoms with E-state index in [9.17, 15) is 10.1 Å². The highest BCUT2D eigenvalue weighted by Gasteiger charge is 2.18. The van der Waals surface area contributed by atoms with Crippen LogP contribution in [0.1, 0.15) is 5.56 Å². The summed E-state index contributed by atoms with van der Waals surface area (Å²) in [6.07, 6.45) is 3.81. The molecule has 3 rings (SSSR count). The Hall–Kier alpha value is -2.20. The van der Waals surface area contributed by atoms with E-state index in [1.165, 1.54) is 16.3 Å². The standard InChI is InChI=1S/C19H14ClN3OS2/c1-25-15-9-3-12(4-10-15)17-22-18(26-2)16(11-21)19(24)23(17)14-7-5-13(20)6-8-14/h3-10H,1-2H3. The van der Waals surface area contributed by atoms with Crippen LogP contribution in [0.4, 0.5) is 0 Å². The van der Waals surface area contributed by atoms with Gasteiger partial charge in [0, 0.05) is 15.5 Å². The highest BCUT2D eigenvalue weighted by molar-refractivity contribution is 7.98. The van der Waals surface area contributed by atoms with Crippen LogP contribution in [0, 0.1) is 11.3 Å². The molecule has 0 bridgehead atoms. The molecule has 0 amide bonds. The molecule has 1 heterocycles. The lowest BCUT2D eigenvalue weighted by Gasteiger charge is -2.15. The van der Waals surface area contributed by atoms with Crippen molar-refractivity contribution in [2.24, 2.45) is 0 Å². The van der Waals surface area contributed by atoms with E-state index in [-0.39, 0.29) is 5.56 Å². The summed E-state index contributed by atoms with van der Waals surface area (Å²) in [5.41, 5.74) is 1.06. The van der Waals surface area contributed by atoms with E-state index >= 15 is 0 Å². The molecule has 4 nitrogen and oxygen atoms in total. The van der Waals surface area contributed by atoms with Gasteiger partial charge < -0.3 is 0 Å². The molecule has 0 radical (unpaired) electrons. The maximum absolute atomic E-state index is 13.0. The Bertz CT molecular complexity index is 1040. The normalized spacial score (nSPS) is 10.5. The van der Waals surface area contributed by atoms with Gasteiger partial charge in [0.05, 0.1) is 5.69 Å². The molecule has 0 spiro atoms. The number of nitriles is 1. The average molecular weight is 400 g/mol. The molecule has 0 saturated heterocycles. The summed E-state index contributed by atoms with van der Waals surface area (Å²) in [6, 6.07) is 16.7. The minimum absolute atomic E-state index is 0.0388. The Morgan fingerprint density at radius 1 is 1.04 bits per heavy atom. The van der Waals surface area contributed by atoms with Crippen LogP contribution < -0.4 is 5.56 Å². The number of rotatable bonds is 4. The number of thioether (sulfide) groups is 2. The summed E-state index contributed by atoms with van der Waals surface area (Å²) in [6.45, 7) is 0. The third-order valence-electron chi connectivity index (χ3n) is 3.79. The molecule has 0 N–H and O–H groups in total. The van der Waals surface area contributed by atoms with Crippen molar-refractivity contribution in [2.75, 3.05) is 12.5 Å². The minimum Gasteiger partial charge on any atom is -0.267 e. The molecule has 0 aliphatic heterocycles. The number of halogens is 1. The van der Waals surface area contributed by atoms with E-state index in [1.807, 2.05) is 36.6 Å². The molecule has 0 aliphatic rings. The van der Waals surface area contributed by atoms with Gasteiger partial charge in [-0.1, -0.05) is 23.7 Å². The fourth-order valence-corrected chi connectivity index (χ4v) is 3.56. The SMILES string of the molecule is CSc1ccc(-c2nc(SC)c(C#N)c(=O)n2-c2ccc(Cl)cc2)cc1. The van der Waals surface area contributed by atoms with Crippen molar-refractivity contribution in [3.8, 4) is 23.1 Å². The van der Waals surface area contributed by atoms with Crippen molar-refractivity contribution < 1.29 is 0 Å². The van der Waals surface area contributed by atoms with E-state index in [2.05, 4.69) is 4.98 Å². The van der Waals surface area contributed by atoms with Gasteiger partial charge in [-0.15, -0.1) is 23.5 Å². The fourth-order valence-electron chi connectivity index (χ4n) is 2.51. The second kappa shape index (κ2) is 8.00. The van der Waals surface area contributed by atoms with Gasteiger partial charge in [0.25, 0.3) is 5.56 Å². The maximum atomic E-state index is 13.0. The number of aromatic nitrogens is 2. The van der Waals surface area contributed by atoms with Gasteiger partial charge in [0.15, 0.2) is 0 Å². The monoisotopic (exact) mass is 399 g/mol. The average Bonchev–Trinajstić information content (AvgIpc) is 2.68. The third kappa shape index (κ3) is 3.51. The highest BCUT2D eigenvalue weighted by Crippen LogP contribution is 2.26. The van der Waals surface area contributed by atoms with E-state index in [4.69, 9.17) is 11.6 Å². The molecule has 0 aliphatic carbocycles. The number of benzene rings is 2. The predicted octanol–water partition coefficient (Wildman–Crippen LogP) is 4.87. The second-order valence-electron chi connectivity index (χ2n) is 5.28. The first-order chi connectivity index (χ1) is 12.6. The van der Waals surface area contributed by atoms with Crippen molar-refractivity contribution in [1.29, 1.82) is 5.26 Å². The van der Waals surface area contributed by atoms with E-state index < -0.39 is 5.56 Å². The fraction of sp³-hybridized carbons (Fsp3) is 0.105. The summed E-state index contributed by atoms with van der Waals surface area (Å²) in [5.74, 6) is 0.494. The molecule has 3 aromatic rings. The zero-order chi connectivity index (χ0) is 18.7. The minimum atomic E-state index is -0.391. The molecular formula is C19H14ClN3OS2. The van der Waals surface area contributed by atoms with Crippen molar-refractivity contribution in [2.45, 2.75) is 9.92 Å². The lowest BCUT2D eigenvalue weighted by Crippen LogP contribution is -2.25. The van der Waals surface area contributed by atoms with E-state index in [0.717, 1.165) is 10.5 Å². The molecule has 1 aromatic heterocycles. The van der Waals surface area contributed by atoms with E-state index in [0.29, 0.717) is 21.6 Å². The summed E-state index contributed by atoms with van der Waals surface area (Å²) in [5, 5.41) is 10.4. The lowest BCUT2D eigenvalue weighted by molar-refractivity contribution is 0.893. The van der Waals surface area contributed by atoms with Crippen molar-refractivity contribution in [3.05, 3.63) is 69.5 Å². The van der Waals surface area contributed by atoms with Gasteiger partial charge in [-0.05, 0) is 48.9 Å². The van der Waals surface area contributed by atoms with Gasteiger partial charge in [-0.25, -0.2) is 4.98 Å². The molecular weight excluding hydrogens is 386 g/mol. The molecule has 26 heavy (non-hydrogen) atoms. The van der Waals surface area contributed by atoms with Crippen LogP contribution in [0.2, 0.25) is 5.02 Å². The molecule has 0 unspecified atom stereocenters. The van der Waals surface area contributed by atoms with Gasteiger partial charge in [0.2, 0.25) is 0 Å². The van der Waals surface area contributed by atoms with E-state index in [1.54, 1.807) is 42.3 Å². The molecule has 130 valence electrons. The zero-order valence-corrected chi connectivity index (χ0v) is 16.5. The number of hydrogen-bond donors (Lipinski definition) is 0. The van der Waals surface area contributed by atoms with Crippen LogP contribution >= 0.6 is 35.1 Å². The van der Waals surface area contributed by atoms with Crippen molar-refractivity contribution in [1.82, 2.24) is 9.55 Å². The summed E-state index contributed by atoms with van der Waals surface area (Å²) in [4.78, 5) is 18.8. The van der Waals surface area contributed by atoms with Gasteiger partial charge >= 0.3 is 0 Å². The Balaban J connectivity index is 2.33. The topological polar surface area (TPSA) is 58.7 Å². The first kappa shape index (κ1) is 18.6. The Morgan fingerprint density at radius 3 is 2.23 bits per heavy atom. The maximum Gasteiger partial charge on any atom is 0.277 e. The zero-order valence-electron chi connectivity index (χ0n) is 14.1. The Labute approximate surface area is 164 Å². The highest BCUT2D eigenvalue weighted by atomic mass is 35.5. The first-order valence-corrected chi connectivity index (χ1v) is 10.4. The van der Waals surface area contributed by atoms with Gasteiger partial charge in [0.1, 0.15) is 22.5 Å². The quantitative estimate of drug-likeness (QED) is 0.462. The summed E-state index contributed by atoms with van der Waals surface area (Å²) in [7, 11) is 0. The molecule has 7 heteroatoms. The van der Waals surface area contributed by atoms with Crippen LogP contribution in [0.3, 0.4) is 0 Å². The third-order valence-corrected chi connectivity index (χ3v) is 5.47. The van der Waals surface area contributed by atoms with Crippen LogP contribution in [0.5, 0.6) is 0 Å². The summed E-state index contributed by atoms with van der Waals surface area (Å²) >= 11 is 8.90. The molecule has 2 aromatic carbocycles. The van der Waals surface area contributed by atoms with Crippen LogP contribution in [-0.2, 0) is 0 Å². The Kier molecular flexibility index (Phi) is 5.72. The molecule has 0 atom stereocenters. The molecule has 0 saturated carbocycles. The van der Waals surface area contributed by atoms with Crippen LogP contribution in [0.15, 0.2) is 63.2 Å². The van der Waals surface area contributed by atoms with Crippen LogP contribution in [-0.4, -0.2) is 22.1 Å². The second-order valence-corrected chi connectivity index (χ2v) is 7.39. The smallest absolute Gasteiger partial charge is 0.267 e. The largest absolute Gasteiger partial charge is 0.277 e. The predicted molar refractivity (Wildman–Crippen MR) is 109 cm³/mol. The first-order valence-electron chi connectivity index (χ1n) is 7.60. The van der Waals surface area contributed by atoms with Crippen molar-refractivity contribution >= 4 is 35.1 Å². The van der Waals surface area contributed by atoms with Crippen LogP contribution in [0.25, 0.3) is 17.1 Å². The van der Waals surface area contributed by atoms with Gasteiger partial charge in [-0.3, -0.25) is 9.36 Å². The molecule has 0 fully saturated rings. The Morgan fingerprint density at radius 2 is 1.69 bits per heavy atom. The lowest BCUT2D eigenvalue weighted by atomic mass is 10.2.